The smallest absolute Gasteiger partial charge is 0.164 e. The molecule has 0 unspecified atom stereocenters. The van der Waals surface area contributed by atoms with Gasteiger partial charge in [0.2, 0.25) is 0 Å². The summed E-state index contributed by atoms with van der Waals surface area (Å²) in [5, 5.41) is 0.401. The molecular formula is C18H14BrF3N2O2S2. The molecule has 2 atom stereocenters. The van der Waals surface area contributed by atoms with Gasteiger partial charge in [-0.15, -0.1) is 0 Å². The summed E-state index contributed by atoms with van der Waals surface area (Å²) in [6.45, 7) is 0. The maximum atomic E-state index is 14.4. The van der Waals surface area contributed by atoms with Crippen molar-refractivity contribution < 1.29 is 21.6 Å². The van der Waals surface area contributed by atoms with E-state index in [1.807, 2.05) is 0 Å². The van der Waals surface area contributed by atoms with Gasteiger partial charge in [-0.1, -0.05) is 33.8 Å². The van der Waals surface area contributed by atoms with E-state index >= 15 is 0 Å². The largest absolute Gasteiger partial charge is 0.312 e. The van der Waals surface area contributed by atoms with Crippen molar-refractivity contribution in [3.8, 4) is 0 Å². The summed E-state index contributed by atoms with van der Waals surface area (Å²) >= 11 is 4.40. The molecule has 0 N–H and O–H groups in total. The first-order valence-corrected chi connectivity index (χ1v) is 11.9. The van der Waals surface area contributed by atoms with Gasteiger partial charge in [-0.2, -0.15) is 0 Å². The van der Waals surface area contributed by atoms with Crippen LogP contribution in [-0.2, 0) is 15.6 Å². The van der Waals surface area contributed by atoms with Gasteiger partial charge in [0.15, 0.2) is 15.0 Å². The molecule has 0 aliphatic carbocycles. The number of anilines is 1. The van der Waals surface area contributed by atoms with Gasteiger partial charge in [0, 0.05) is 16.3 Å². The molecular weight excluding hydrogens is 477 g/mol. The van der Waals surface area contributed by atoms with Crippen LogP contribution < -0.4 is 4.90 Å². The first kappa shape index (κ1) is 19.8. The number of amidine groups is 1. The van der Waals surface area contributed by atoms with E-state index in [0.29, 0.717) is 15.2 Å². The summed E-state index contributed by atoms with van der Waals surface area (Å²) in [6.07, 6.45) is 0. The summed E-state index contributed by atoms with van der Waals surface area (Å²) in [5.41, 5.74) is 0.508. The van der Waals surface area contributed by atoms with E-state index in [2.05, 4.69) is 20.9 Å². The molecule has 2 aromatic carbocycles. The Balaban J connectivity index is 1.65. The zero-order valence-corrected chi connectivity index (χ0v) is 17.5. The van der Waals surface area contributed by atoms with E-state index in [0.717, 1.165) is 12.1 Å². The predicted octanol–water partition coefficient (Wildman–Crippen LogP) is 4.14. The Morgan fingerprint density at radius 1 is 1.11 bits per heavy atom. The van der Waals surface area contributed by atoms with E-state index in [1.165, 1.54) is 28.8 Å². The highest BCUT2D eigenvalue weighted by Crippen LogP contribution is 2.37. The van der Waals surface area contributed by atoms with Crippen molar-refractivity contribution >= 4 is 48.4 Å². The molecule has 0 bridgehead atoms. The topological polar surface area (TPSA) is 49.7 Å². The Kier molecular flexibility index (Phi) is 5.22. The van der Waals surface area contributed by atoms with Gasteiger partial charge in [0.1, 0.15) is 17.5 Å². The van der Waals surface area contributed by atoms with E-state index in [-0.39, 0.29) is 28.8 Å². The molecule has 1 fully saturated rings. The highest BCUT2D eigenvalue weighted by atomic mass is 79.9. The number of benzene rings is 2. The second-order valence-corrected chi connectivity index (χ2v) is 10.6. The molecule has 2 aromatic rings. The molecule has 0 aromatic heterocycles. The number of hydrogen-bond donors (Lipinski definition) is 0. The van der Waals surface area contributed by atoms with Crippen molar-refractivity contribution in [1.82, 2.24) is 0 Å². The van der Waals surface area contributed by atoms with Gasteiger partial charge in [-0.05, 0) is 29.8 Å². The normalized spacial score (nSPS) is 23.0. The van der Waals surface area contributed by atoms with Crippen LogP contribution in [0.15, 0.2) is 45.9 Å². The van der Waals surface area contributed by atoms with Gasteiger partial charge in [0.25, 0.3) is 0 Å². The third kappa shape index (κ3) is 3.81. The standard InChI is InChI=1S/C18H14BrF3N2O2S2/c19-11-2-1-10(13(21)5-11)7-27-18-23-15-8-28(25,26)9-17(15)24(18)16-4-3-12(20)6-14(16)22/h1-6,15,17H,7-9H2/t15-,17-/m1/s1. The van der Waals surface area contributed by atoms with Gasteiger partial charge < -0.3 is 4.90 Å². The zero-order valence-electron chi connectivity index (χ0n) is 14.3. The molecule has 10 heteroatoms. The summed E-state index contributed by atoms with van der Waals surface area (Å²) in [4.78, 5) is 5.97. The molecule has 2 aliphatic heterocycles. The number of rotatable bonds is 3. The zero-order chi connectivity index (χ0) is 20.1. The van der Waals surface area contributed by atoms with Crippen molar-refractivity contribution in [2.75, 3.05) is 16.4 Å². The van der Waals surface area contributed by atoms with E-state index in [4.69, 9.17) is 0 Å². The summed E-state index contributed by atoms with van der Waals surface area (Å²) in [7, 11) is -3.29. The monoisotopic (exact) mass is 490 g/mol. The van der Waals surface area contributed by atoms with Crippen molar-refractivity contribution in [2.45, 2.75) is 17.8 Å². The lowest BCUT2D eigenvalue weighted by atomic mass is 10.1. The van der Waals surface area contributed by atoms with Crippen LogP contribution >= 0.6 is 27.7 Å². The number of sulfone groups is 1. The molecule has 0 amide bonds. The van der Waals surface area contributed by atoms with E-state index in [1.54, 1.807) is 12.1 Å². The van der Waals surface area contributed by atoms with Gasteiger partial charge in [-0.3, -0.25) is 4.99 Å². The Morgan fingerprint density at radius 2 is 1.89 bits per heavy atom. The maximum absolute atomic E-state index is 14.4. The number of hydrogen-bond acceptors (Lipinski definition) is 5. The van der Waals surface area contributed by atoms with Crippen molar-refractivity contribution in [2.24, 2.45) is 4.99 Å². The minimum absolute atomic E-state index is 0.0635. The van der Waals surface area contributed by atoms with Crippen molar-refractivity contribution in [3.63, 3.8) is 0 Å². The molecule has 0 saturated carbocycles. The van der Waals surface area contributed by atoms with Crippen molar-refractivity contribution in [1.29, 1.82) is 0 Å². The molecule has 2 aliphatic rings. The van der Waals surface area contributed by atoms with Crippen LogP contribution in [-0.4, -0.2) is 37.2 Å². The first-order chi connectivity index (χ1) is 13.2. The molecule has 2 heterocycles. The van der Waals surface area contributed by atoms with Crippen LogP contribution in [0.5, 0.6) is 0 Å². The fourth-order valence-electron chi connectivity index (χ4n) is 3.37. The van der Waals surface area contributed by atoms with Crippen LogP contribution in [0.4, 0.5) is 18.9 Å². The fraction of sp³-hybridized carbons (Fsp3) is 0.278. The third-order valence-electron chi connectivity index (χ3n) is 4.65. The average Bonchev–Trinajstić information content (AvgIpc) is 3.06. The SMILES string of the molecule is O=S1(=O)C[C@@H]2[C@@H](C1)N=C(SCc1ccc(Br)cc1F)N2c1ccc(F)cc1F. The van der Waals surface area contributed by atoms with Crippen molar-refractivity contribution in [3.05, 3.63) is 63.9 Å². The highest BCUT2D eigenvalue weighted by molar-refractivity contribution is 9.10. The Hall–Kier alpha value is -1.52. The Labute approximate surface area is 172 Å². The molecule has 0 radical (unpaired) electrons. The van der Waals surface area contributed by atoms with Gasteiger partial charge in [-0.25, -0.2) is 21.6 Å². The number of fused-ring (bicyclic) bond motifs is 1. The average molecular weight is 491 g/mol. The third-order valence-corrected chi connectivity index (χ3v) is 7.86. The van der Waals surface area contributed by atoms with Gasteiger partial charge >= 0.3 is 0 Å². The number of nitrogens with zero attached hydrogens (tertiary/aromatic N) is 2. The van der Waals surface area contributed by atoms with Crippen LogP contribution in [0.25, 0.3) is 0 Å². The number of aliphatic imine (C=N–C) groups is 1. The van der Waals surface area contributed by atoms with E-state index in [9.17, 15) is 21.6 Å². The number of halogens is 4. The molecule has 4 nitrogen and oxygen atoms in total. The van der Waals surface area contributed by atoms with Crippen LogP contribution in [0, 0.1) is 17.5 Å². The lowest BCUT2D eigenvalue weighted by molar-refractivity contribution is 0.577. The second kappa shape index (κ2) is 7.38. The van der Waals surface area contributed by atoms with Crippen LogP contribution in [0.3, 0.4) is 0 Å². The fourth-order valence-corrected chi connectivity index (χ4v) is 6.65. The Bertz CT molecular complexity index is 1080. The minimum atomic E-state index is -3.29. The lowest BCUT2D eigenvalue weighted by Crippen LogP contribution is -2.39. The number of thioether (sulfide) groups is 1. The molecule has 28 heavy (non-hydrogen) atoms. The highest BCUT2D eigenvalue weighted by Gasteiger charge is 2.47. The second-order valence-electron chi connectivity index (χ2n) is 6.61. The van der Waals surface area contributed by atoms with Crippen LogP contribution in [0.1, 0.15) is 5.56 Å². The quantitative estimate of drug-likeness (QED) is 0.648. The van der Waals surface area contributed by atoms with E-state index < -0.39 is 33.6 Å². The maximum Gasteiger partial charge on any atom is 0.164 e. The van der Waals surface area contributed by atoms with Gasteiger partial charge in [0.05, 0.1) is 29.3 Å². The summed E-state index contributed by atoms with van der Waals surface area (Å²) < 4.78 is 66.5. The molecule has 148 valence electrons. The summed E-state index contributed by atoms with van der Waals surface area (Å²) in [6, 6.07) is 6.77. The molecule has 4 rings (SSSR count). The summed E-state index contributed by atoms with van der Waals surface area (Å²) in [5.74, 6) is -1.94. The minimum Gasteiger partial charge on any atom is -0.312 e. The van der Waals surface area contributed by atoms with Crippen LogP contribution in [0.2, 0.25) is 0 Å². The lowest BCUT2D eigenvalue weighted by Gasteiger charge is -2.26. The molecule has 0 spiro atoms. The Morgan fingerprint density at radius 3 is 2.61 bits per heavy atom. The first-order valence-electron chi connectivity index (χ1n) is 8.33. The predicted molar refractivity (Wildman–Crippen MR) is 108 cm³/mol. The molecule has 1 saturated heterocycles.